The number of amides is 1. The molecule has 2 bridgehead atoms. The van der Waals surface area contributed by atoms with E-state index in [2.05, 4.69) is 4.98 Å². The third-order valence-corrected chi connectivity index (χ3v) is 5.50. The zero-order chi connectivity index (χ0) is 14.9. The number of rotatable bonds is 1. The highest BCUT2D eigenvalue weighted by Crippen LogP contribution is 2.55. The van der Waals surface area contributed by atoms with Crippen LogP contribution in [0.25, 0.3) is 11.3 Å². The van der Waals surface area contributed by atoms with Crippen LogP contribution in [-0.4, -0.2) is 15.5 Å². The van der Waals surface area contributed by atoms with E-state index in [1.54, 1.807) is 6.07 Å². The van der Waals surface area contributed by atoms with Crippen LogP contribution in [0.2, 0.25) is 0 Å². The summed E-state index contributed by atoms with van der Waals surface area (Å²) < 4.78 is 16.3. The average molecular weight is 397 g/mol. The topological polar surface area (TPSA) is 60.9 Å². The van der Waals surface area contributed by atoms with Gasteiger partial charge in [-0.1, -0.05) is 0 Å². The predicted octanol–water partition coefficient (Wildman–Crippen LogP) is 2.90. The molecule has 108 valence electrons. The van der Waals surface area contributed by atoms with Crippen molar-refractivity contribution in [1.82, 2.24) is 9.55 Å². The fourth-order valence-electron chi connectivity index (χ4n) is 3.60. The lowest BCUT2D eigenvalue weighted by Crippen LogP contribution is -2.23. The Morgan fingerprint density at radius 3 is 2.81 bits per heavy atom. The molecule has 6 heteroatoms. The number of hydrogen-bond acceptors (Lipinski definition) is 2. The summed E-state index contributed by atoms with van der Waals surface area (Å²) in [4.78, 5) is 16.0. The number of benzene rings is 1. The fourth-order valence-corrected chi connectivity index (χ4v) is 4.06. The van der Waals surface area contributed by atoms with Gasteiger partial charge in [0.2, 0.25) is 0 Å². The number of nitrogens with two attached hydrogens (primary N) is 1. The summed E-state index contributed by atoms with van der Waals surface area (Å²) in [6.07, 6.45) is 1.97. The number of nitrogens with zero attached hydrogens (tertiary/aromatic N) is 2. The molecule has 1 fully saturated rings. The smallest absolute Gasteiger partial charge is 0.284 e. The Hall–Kier alpha value is -1.44. The van der Waals surface area contributed by atoms with Crippen molar-refractivity contribution in [2.24, 2.45) is 12.8 Å². The van der Waals surface area contributed by atoms with Gasteiger partial charge in [0.05, 0.1) is 5.69 Å². The number of carbonyl (C=O) groups excluding carboxylic acids is 1. The standard InChI is InChI=1S/C15H13FIN3O/c1-20-13-7-2-6(3-7)8-4-10(16)11(17)5-9(8)12(13)19-15(20)14(18)21/h4-7H,2-3H2,1H3,(H2,18,21). The van der Waals surface area contributed by atoms with Crippen molar-refractivity contribution in [1.29, 1.82) is 0 Å². The first-order valence-electron chi connectivity index (χ1n) is 6.83. The van der Waals surface area contributed by atoms with Crippen LogP contribution in [0.3, 0.4) is 0 Å². The van der Waals surface area contributed by atoms with E-state index in [-0.39, 0.29) is 11.6 Å². The quantitative estimate of drug-likeness (QED) is 0.753. The number of aromatic nitrogens is 2. The van der Waals surface area contributed by atoms with Gasteiger partial charge in [-0.2, -0.15) is 0 Å². The molecule has 3 aliphatic rings. The maximum Gasteiger partial charge on any atom is 0.284 e. The third-order valence-electron chi connectivity index (χ3n) is 4.67. The molecular weight excluding hydrogens is 384 g/mol. The molecule has 3 aliphatic carbocycles. The van der Waals surface area contributed by atoms with Crippen LogP contribution in [0.4, 0.5) is 4.39 Å². The summed E-state index contributed by atoms with van der Waals surface area (Å²) in [5.41, 5.74) is 9.23. The summed E-state index contributed by atoms with van der Waals surface area (Å²) in [6, 6.07) is 3.47. The van der Waals surface area contributed by atoms with Gasteiger partial charge in [0.1, 0.15) is 5.82 Å². The highest BCUT2D eigenvalue weighted by Gasteiger charge is 2.41. The summed E-state index contributed by atoms with van der Waals surface area (Å²) in [5, 5.41) is 0. The zero-order valence-electron chi connectivity index (χ0n) is 11.4. The van der Waals surface area contributed by atoms with E-state index in [1.807, 2.05) is 40.3 Å². The van der Waals surface area contributed by atoms with Crippen LogP contribution >= 0.6 is 22.6 Å². The molecule has 0 saturated heterocycles. The molecular formula is C15H13FIN3O. The molecule has 2 aromatic rings. The van der Waals surface area contributed by atoms with Crippen molar-refractivity contribution in [2.75, 3.05) is 0 Å². The van der Waals surface area contributed by atoms with Gasteiger partial charge in [-0.15, -0.1) is 0 Å². The summed E-state index contributed by atoms with van der Waals surface area (Å²) in [6.45, 7) is 0. The molecule has 1 aromatic carbocycles. The van der Waals surface area contributed by atoms with Gasteiger partial charge in [-0.05, 0) is 59.0 Å². The Bertz CT molecular complexity index is 793. The number of imidazole rings is 1. The molecule has 4 nitrogen and oxygen atoms in total. The van der Waals surface area contributed by atoms with Crippen molar-refractivity contribution in [2.45, 2.75) is 24.7 Å². The van der Waals surface area contributed by atoms with E-state index in [9.17, 15) is 9.18 Å². The Labute approximate surface area is 134 Å². The Morgan fingerprint density at radius 1 is 1.43 bits per heavy atom. The van der Waals surface area contributed by atoms with Gasteiger partial charge in [-0.25, -0.2) is 9.37 Å². The summed E-state index contributed by atoms with van der Waals surface area (Å²) >= 11 is 1.99. The highest BCUT2D eigenvalue weighted by atomic mass is 127. The second kappa shape index (κ2) is 4.28. The van der Waals surface area contributed by atoms with Crippen LogP contribution in [0.15, 0.2) is 12.1 Å². The molecule has 5 rings (SSSR count). The second-order valence-electron chi connectivity index (χ2n) is 5.81. The SMILES string of the molecule is Cn1c(C(N)=O)nc2c1C1CC(C1)c1cc(F)c(I)cc1-2. The second-order valence-corrected chi connectivity index (χ2v) is 6.97. The van der Waals surface area contributed by atoms with Crippen LogP contribution in [0.5, 0.6) is 0 Å². The van der Waals surface area contributed by atoms with Gasteiger partial charge in [0, 0.05) is 27.8 Å². The van der Waals surface area contributed by atoms with Crippen molar-refractivity contribution in [3.8, 4) is 11.3 Å². The first-order valence-corrected chi connectivity index (χ1v) is 7.91. The van der Waals surface area contributed by atoms with Gasteiger partial charge >= 0.3 is 0 Å². The molecule has 0 atom stereocenters. The van der Waals surface area contributed by atoms with E-state index in [0.717, 1.165) is 35.4 Å². The monoisotopic (exact) mass is 397 g/mol. The van der Waals surface area contributed by atoms with Crippen molar-refractivity contribution >= 4 is 28.5 Å². The highest BCUT2D eigenvalue weighted by molar-refractivity contribution is 14.1. The van der Waals surface area contributed by atoms with E-state index < -0.39 is 5.91 Å². The minimum absolute atomic E-state index is 0.188. The first-order chi connectivity index (χ1) is 9.97. The van der Waals surface area contributed by atoms with Gasteiger partial charge in [0.25, 0.3) is 5.91 Å². The number of halogens is 2. The Morgan fingerprint density at radius 2 is 2.14 bits per heavy atom. The molecule has 0 spiro atoms. The molecule has 1 amide bonds. The maximum absolute atomic E-state index is 13.9. The van der Waals surface area contributed by atoms with E-state index in [0.29, 0.717) is 15.4 Å². The molecule has 1 saturated carbocycles. The third kappa shape index (κ3) is 1.71. The van der Waals surface area contributed by atoms with Crippen LogP contribution < -0.4 is 5.73 Å². The van der Waals surface area contributed by atoms with E-state index in [1.165, 1.54) is 0 Å². The van der Waals surface area contributed by atoms with E-state index >= 15 is 0 Å². The van der Waals surface area contributed by atoms with E-state index in [4.69, 9.17) is 5.73 Å². The van der Waals surface area contributed by atoms with Crippen molar-refractivity contribution in [3.63, 3.8) is 0 Å². The normalized spacial score (nSPS) is 22.0. The first kappa shape index (κ1) is 13.2. The summed E-state index contributed by atoms with van der Waals surface area (Å²) in [7, 11) is 1.83. The van der Waals surface area contributed by atoms with Gasteiger partial charge < -0.3 is 10.3 Å². The van der Waals surface area contributed by atoms with Gasteiger partial charge in [-0.3, -0.25) is 4.79 Å². The maximum atomic E-state index is 13.9. The minimum Gasteiger partial charge on any atom is -0.363 e. The summed E-state index contributed by atoms with van der Waals surface area (Å²) in [5.74, 6) is 0.328. The molecule has 21 heavy (non-hydrogen) atoms. The molecule has 0 unspecified atom stereocenters. The lowest BCUT2D eigenvalue weighted by Gasteiger charge is -2.34. The van der Waals surface area contributed by atoms with Crippen molar-refractivity contribution < 1.29 is 9.18 Å². The van der Waals surface area contributed by atoms with Crippen molar-refractivity contribution in [3.05, 3.63) is 38.6 Å². The molecule has 2 N–H and O–H groups in total. The largest absolute Gasteiger partial charge is 0.363 e. The fraction of sp³-hybridized carbons (Fsp3) is 0.333. The molecule has 0 aliphatic heterocycles. The molecule has 1 aromatic heterocycles. The number of primary amides is 1. The average Bonchev–Trinajstić information content (AvgIpc) is 2.57. The Kier molecular flexibility index (Phi) is 2.70. The van der Waals surface area contributed by atoms with Crippen LogP contribution in [0.1, 0.15) is 46.6 Å². The number of hydrogen-bond donors (Lipinski definition) is 1. The van der Waals surface area contributed by atoms with Crippen LogP contribution in [0, 0.1) is 9.39 Å². The van der Waals surface area contributed by atoms with Crippen LogP contribution in [-0.2, 0) is 7.05 Å². The predicted molar refractivity (Wildman–Crippen MR) is 84.6 cm³/mol. The van der Waals surface area contributed by atoms with Gasteiger partial charge in [0.15, 0.2) is 5.82 Å². The molecule has 0 radical (unpaired) electrons. The number of carbonyl (C=O) groups is 1. The lowest BCUT2D eigenvalue weighted by atomic mass is 9.71. The minimum atomic E-state index is -0.528. The molecule has 1 heterocycles. The Balaban J connectivity index is 2.05. The zero-order valence-corrected chi connectivity index (χ0v) is 13.5. The lowest BCUT2D eigenvalue weighted by molar-refractivity contribution is 0.0987.